The van der Waals surface area contributed by atoms with Crippen LogP contribution in [0.4, 0.5) is 0 Å². The molecule has 0 spiro atoms. The van der Waals surface area contributed by atoms with E-state index in [0.29, 0.717) is 0 Å². The van der Waals surface area contributed by atoms with E-state index in [9.17, 15) is 4.79 Å². The van der Waals surface area contributed by atoms with Gasteiger partial charge >= 0.3 is 5.97 Å². The molecule has 4 heteroatoms. The maximum atomic E-state index is 11.1. The summed E-state index contributed by atoms with van der Waals surface area (Å²) in [6.07, 6.45) is -0.976. The van der Waals surface area contributed by atoms with Gasteiger partial charge < -0.3 is 14.9 Å². The molecule has 0 radical (unpaired) electrons. The minimum Gasteiger partial charge on any atom is -0.462 e. The molecular formula is C8H16O4. The summed E-state index contributed by atoms with van der Waals surface area (Å²) in [5.41, 5.74) is -0.560. The molecular weight excluding hydrogens is 160 g/mol. The number of rotatable bonds is 3. The average molecular weight is 176 g/mol. The van der Waals surface area contributed by atoms with E-state index in [0.717, 1.165) is 0 Å². The Morgan fingerprint density at radius 3 is 2.33 bits per heavy atom. The first-order valence-electron chi connectivity index (χ1n) is 3.84. The molecule has 72 valence electrons. The van der Waals surface area contributed by atoms with E-state index in [2.05, 4.69) is 0 Å². The van der Waals surface area contributed by atoms with Crippen LogP contribution in [0.5, 0.6) is 0 Å². The van der Waals surface area contributed by atoms with Gasteiger partial charge in [0, 0.05) is 0 Å². The Balaban J connectivity index is 3.73. The Labute approximate surface area is 72.2 Å². The Hall–Kier alpha value is -0.610. The first-order valence-corrected chi connectivity index (χ1v) is 3.84. The molecule has 0 aliphatic carbocycles. The lowest BCUT2D eigenvalue weighted by Gasteiger charge is -2.17. The zero-order chi connectivity index (χ0) is 9.78. The van der Waals surface area contributed by atoms with E-state index in [1.54, 1.807) is 20.8 Å². The molecule has 0 heterocycles. The summed E-state index contributed by atoms with van der Waals surface area (Å²) in [6, 6.07) is 0. The highest BCUT2D eigenvalue weighted by molar-refractivity contribution is 5.75. The highest BCUT2D eigenvalue weighted by atomic mass is 16.5. The summed E-state index contributed by atoms with van der Waals surface area (Å²) in [5.74, 6) is -0.380. The maximum absolute atomic E-state index is 11.1. The van der Waals surface area contributed by atoms with Crippen LogP contribution in [0.15, 0.2) is 0 Å². The fourth-order valence-electron chi connectivity index (χ4n) is 0.441. The van der Waals surface area contributed by atoms with Gasteiger partial charge in [0.25, 0.3) is 0 Å². The van der Waals surface area contributed by atoms with Crippen LogP contribution in [0.1, 0.15) is 20.8 Å². The lowest BCUT2D eigenvalue weighted by atomic mass is 9.97. The molecule has 0 aliphatic heterocycles. The van der Waals surface area contributed by atoms with Gasteiger partial charge in [-0.1, -0.05) is 0 Å². The summed E-state index contributed by atoms with van der Waals surface area (Å²) in [4.78, 5) is 11.1. The van der Waals surface area contributed by atoms with E-state index < -0.39 is 18.1 Å². The van der Waals surface area contributed by atoms with Crippen molar-refractivity contribution in [1.82, 2.24) is 0 Å². The second kappa shape index (κ2) is 4.42. The third kappa shape index (κ3) is 4.31. The molecule has 0 bridgehead atoms. The molecule has 0 fully saturated rings. The lowest BCUT2D eigenvalue weighted by Crippen LogP contribution is -2.28. The summed E-state index contributed by atoms with van der Waals surface area (Å²) in [5, 5.41) is 17.3. The van der Waals surface area contributed by atoms with Gasteiger partial charge in [-0.15, -0.1) is 0 Å². The van der Waals surface area contributed by atoms with Crippen LogP contribution in [-0.2, 0) is 9.53 Å². The van der Waals surface area contributed by atoms with E-state index in [1.807, 2.05) is 0 Å². The third-order valence-electron chi connectivity index (χ3n) is 1.23. The minimum absolute atomic E-state index is 0.146. The fraction of sp³-hybridized carbons (Fsp3) is 0.875. The Bertz CT molecular complexity index is 148. The van der Waals surface area contributed by atoms with Crippen molar-refractivity contribution in [2.24, 2.45) is 5.41 Å². The first kappa shape index (κ1) is 11.4. The molecule has 0 aromatic heterocycles. The summed E-state index contributed by atoms with van der Waals surface area (Å²) in [7, 11) is 0. The predicted octanol–water partition coefficient (Wildman–Crippen LogP) is -0.0711. The smallest absolute Gasteiger partial charge is 0.311 e. The van der Waals surface area contributed by atoms with E-state index in [4.69, 9.17) is 14.9 Å². The van der Waals surface area contributed by atoms with Gasteiger partial charge in [-0.2, -0.15) is 0 Å². The number of carbonyl (C=O) groups excluding carboxylic acids is 1. The number of aliphatic hydroxyl groups is 2. The van der Waals surface area contributed by atoms with Crippen LogP contribution >= 0.6 is 0 Å². The van der Waals surface area contributed by atoms with Crippen molar-refractivity contribution in [1.29, 1.82) is 0 Å². The monoisotopic (exact) mass is 176 g/mol. The molecule has 1 atom stereocenters. The van der Waals surface area contributed by atoms with Crippen molar-refractivity contribution in [3.8, 4) is 0 Å². The SMILES string of the molecule is CC(C)(C)C(=O)OCC(O)CO. The zero-order valence-electron chi connectivity index (χ0n) is 7.70. The van der Waals surface area contributed by atoms with Crippen molar-refractivity contribution >= 4 is 5.97 Å². The Morgan fingerprint density at radius 1 is 1.50 bits per heavy atom. The molecule has 12 heavy (non-hydrogen) atoms. The maximum Gasteiger partial charge on any atom is 0.311 e. The van der Waals surface area contributed by atoms with Gasteiger partial charge in [-0.25, -0.2) is 0 Å². The highest BCUT2D eigenvalue weighted by Crippen LogP contribution is 2.14. The highest BCUT2D eigenvalue weighted by Gasteiger charge is 2.23. The topological polar surface area (TPSA) is 66.8 Å². The van der Waals surface area contributed by atoms with Crippen LogP contribution < -0.4 is 0 Å². The average Bonchev–Trinajstić information content (AvgIpc) is 1.97. The van der Waals surface area contributed by atoms with Gasteiger partial charge in [-0.05, 0) is 20.8 Å². The number of ether oxygens (including phenoxy) is 1. The van der Waals surface area contributed by atoms with Gasteiger partial charge in [0.1, 0.15) is 12.7 Å². The molecule has 0 aromatic rings. The number of carbonyl (C=O) groups is 1. The molecule has 2 N–H and O–H groups in total. The van der Waals surface area contributed by atoms with Crippen molar-refractivity contribution in [3.63, 3.8) is 0 Å². The van der Waals surface area contributed by atoms with Crippen molar-refractivity contribution in [2.75, 3.05) is 13.2 Å². The van der Waals surface area contributed by atoms with Crippen LogP contribution in [0.25, 0.3) is 0 Å². The van der Waals surface area contributed by atoms with Gasteiger partial charge in [0.2, 0.25) is 0 Å². The van der Waals surface area contributed by atoms with E-state index >= 15 is 0 Å². The lowest BCUT2D eigenvalue weighted by molar-refractivity contribution is -0.156. The van der Waals surface area contributed by atoms with Crippen molar-refractivity contribution in [3.05, 3.63) is 0 Å². The third-order valence-corrected chi connectivity index (χ3v) is 1.23. The Kier molecular flexibility index (Phi) is 4.20. The number of aliphatic hydroxyl groups excluding tert-OH is 2. The number of esters is 1. The molecule has 0 rings (SSSR count). The van der Waals surface area contributed by atoms with Crippen molar-refractivity contribution < 1.29 is 19.7 Å². The van der Waals surface area contributed by atoms with E-state index in [-0.39, 0.29) is 12.6 Å². The van der Waals surface area contributed by atoms with Gasteiger partial charge in [-0.3, -0.25) is 4.79 Å². The fourth-order valence-corrected chi connectivity index (χ4v) is 0.441. The van der Waals surface area contributed by atoms with Crippen LogP contribution in [-0.4, -0.2) is 35.5 Å². The second-order valence-corrected chi connectivity index (χ2v) is 3.68. The van der Waals surface area contributed by atoms with Crippen LogP contribution in [0.3, 0.4) is 0 Å². The molecule has 0 saturated heterocycles. The minimum atomic E-state index is -0.976. The van der Waals surface area contributed by atoms with Crippen LogP contribution in [0, 0.1) is 5.41 Å². The number of hydrogen-bond donors (Lipinski definition) is 2. The van der Waals surface area contributed by atoms with Gasteiger partial charge in [0.15, 0.2) is 0 Å². The first-order chi connectivity index (χ1) is 5.38. The summed E-state index contributed by atoms with van der Waals surface area (Å²) in [6.45, 7) is 4.63. The summed E-state index contributed by atoms with van der Waals surface area (Å²) >= 11 is 0. The zero-order valence-corrected chi connectivity index (χ0v) is 7.70. The molecule has 0 saturated carbocycles. The summed E-state index contributed by atoms with van der Waals surface area (Å²) < 4.78 is 4.71. The molecule has 0 aliphatic rings. The Morgan fingerprint density at radius 2 is 2.00 bits per heavy atom. The standard InChI is InChI=1S/C8H16O4/c1-8(2,3)7(11)12-5-6(10)4-9/h6,9-10H,4-5H2,1-3H3. The van der Waals surface area contributed by atoms with Crippen LogP contribution in [0.2, 0.25) is 0 Å². The largest absolute Gasteiger partial charge is 0.462 e. The molecule has 4 nitrogen and oxygen atoms in total. The molecule has 1 unspecified atom stereocenters. The van der Waals surface area contributed by atoms with Gasteiger partial charge in [0.05, 0.1) is 12.0 Å². The second-order valence-electron chi connectivity index (χ2n) is 3.68. The van der Waals surface area contributed by atoms with E-state index in [1.165, 1.54) is 0 Å². The molecule has 0 aromatic carbocycles. The molecule has 0 amide bonds. The quantitative estimate of drug-likeness (QED) is 0.591. The van der Waals surface area contributed by atoms with Crippen molar-refractivity contribution in [2.45, 2.75) is 26.9 Å². The number of hydrogen-bond acceptors (Lipinski definition) is 4. The normalized spacial score (nSPS) is 14.1. The predicted molar refractivity (Wildman–Crippen MR) is 43.5 cm³/mol.